The van der Waals surface area contributed by atoms with Crippen molar-refractivity contribution in [3.63, 3.8) is 0 Å². The van der Waals surface area contributed by atoms with Gasteiger partial charge in [-0.15, -0.1) is 0 Å². The normalized spacial score (nSPS) is 12.4. The molecule has 0 radical (unpaired) electrons. The molecule has 0 aliphatic rings. The summed E-state index contributed by atoms with van der Waals surface area (Å²) in [7, 11) is 3.40. The van der Waals surface area contributed by atoms with E-state index in [9.17, 15) is 9.59 Å². The van der Waals surface area contributed by atoms with E-state index in [2.05, 4.69) is 21.4 Å². The van der Waals surface area contributed by atoms with Crippen LogP contribution in [0.4, 0.5) is 0 Å². The lowest BCUT2D eigenvalue weighted by Crippen LogP contribution is -2.39. The number of rotatable bonds is 7. The zero-order chi connectivity index (χ0) is 17.0. The molecule has 1 atom stereocenters. The summed E-state index contributed by atoms with van der Waals surface area (Å²) in [6.07, 6.45) is 2.25. The number of nitrogens with zero attached hydrogens (tertiary/aromatic N) is 4. The third kappa shape index (κ3) is 3.51. The number of hydrogen-bond donors (Lipinski definition) is 2. The second-order valence-electron chi connectivity index (χ2n) is 5.74. The number of nitriles is 1. The van der Waals surface area contributed by atoms with Crippen LogP contribution in [0.25, 0.3) is 11.2 Å². The van der Waals surface area contributed by atoms with Crippen molar-refractivity contribution in [3.8, 4) is 6.07 Å². The predicted molar refractivity (Wildman–Crippen MR) is 87.0 cm³/mol. The van der Waals surface area contributed by atoms with Gasteiger partial charge in [-0.3, -0.25) is 13.9 Å². The van der Waals surface area contributed by atoms with E-state index in [1.54, 1.807) is 14.1 Å². The number of fused-ring (bicyclic) bond motifs is 1. The highest BCUT2D eigenvalue weighted by Crippen LogP contribution is 2.08. The minimum atomic E-state index is -0.363. The molecule has 0 fully saturated rings. The fourth-order valence-electron chi connectivity index (χ4n) is 2.53. The lowest BCUT2D eigenvalue weighted by Gasteiger charge is -2.08. The van der Waals surface area contributed by atoms with Crippen LogP contribution in [-0.2, 0) is 20.1 Å². The molecule has 1 unspecified atom stereocenters. The smallest absolute Gasteiger partial charge is 0.332 e. The first-order valence-electron chi connectivity index (χ1n) is 7.72. The molecule has 124 valence electrons. The zero-order valence-electron chi connectivity index (χ0n) is 13.7. The van der Waals surface area contributed by atoms with Crippen molar-refractivity contribution < 1.29 is 0 Å². The molecule has 2 N–H and O–H groups in total. The maximum Gasteiger partial charge on any atom is 0.332 e. The van der Waals surface area contributed by atoms with Crippen molar-refractivity contribution >= 4 is 11.2 Å². The Labute approximate surface area is 133 Å². The predicted octanol–water partition coefficient (Wildman–Crippen LogP) is 0.473. The molecule has 2 aromatic rings. The van der Waals surface area contributed by atoms with Gasteiger partial charge in [0.2, 0.25) is 0 Å². The molecule has 23 heavy (non-hydrogen) atoms. The highest BCUT2D eigenvalue weighted by Gasteiger charge is 2.15. The maximum absolute atomic E-state index is 12.5. The van der Waals surface area contributed by atoms with Crippen LogP contribution >= 0.6 is 0 Å². The van der Waals surface area contributed by atoms with Gasteiger partial charge in [-0.2, -0.15) is 5.26 Å². The Morgan fingerprint density at radius 1 is 1.39 bits per heavy atom. The Kier molecular flexibility index (Phi) is 5.34. The van der Waals surface area contributed by atoms with E-state index < -0.39 is 0 Å². The van der Waals surface area contributed by atoms with Gasteiger partial charge >= 0.3 is 5.69 Å². The first kappa shape index (κ1) is 17.0. The summed E-state index contributed by atoms with van der Waals surface area (Å²) >= 11 is 0. The summed E-state index contributed by atoms with van der Waals surface area (Å²) in [5.74, 6) is 0.615. The fourth-order valence-corrected chi connectivity index (χ4v) is 2.53. The lowest BCUT2D eigenvalue weighted by molar-refractivity contribution is 0.516. The molecular formula is C15H22N6O2. The molecule has 0 aliphatic heterocycles. The third-order valence-electron chi connectivity index (χ3n) is 3.86. The quantitative estimate of drug-likeness (QED) is 0.722. The van der Waals surface area contributed by atoms with Crippen LogP contribution in [0.15, 0.2) is 9.59 Å². The summed E-state index contributed by atoms with van der Waals surface area (Å²) in [4.78, 5) is 32.1. The minimum absolute atomic E-state index is 0.00579. The van der Waals surface area contributed by atoms with Gasteiger partial charge in [0.05, 0.1) is 12.6 Å². The van der Waals surface area contributed by atoms with Crippen LogP contribution in [0.5, 0.6) is 0 Å². The molecule has 0 bridgehead atoms. The van der Waals surface area contributed by atoms with E-state index in [1.807, 2.05) is 6.92 Å². The van der Waals surface area contributed by atoms with Crippen molar-refractivity contribution in [1.29, 1.82) is 5.26 Å². The Morgan fingerprint density at radius 3 is 2.78 bits per heavy atom. The number of aromatic amines is 1. The third-order valence-corrected chi connectivity index (χ3v) is 3.86. The van der Waals surface area contributed by atoms with Crippen molar-refractivity contribution in [2.45, 2.75) is 39.3 Å². The average Bonchev–Trinajstić information content (AvgIpc) is 2.96. The number of hydrogen-bond acceptors (Lipinski definition) is 5. The Hall–Kier alpha value is -2.40. The van der Waals surface area contributed by atoms with E-state index in [0.29, 0.717) is 36.5 Å². The summed E-state index contributed by atoms with van der Waals surface area (Å²) in [5, 5.41) is 11.7. The molecule has 0 aliphatic carbocycles. The lowest BCUT2D eigenvalue weighted by atomic mass is 10.1. The van der Waals surface area contributed by atoms with E-state index in [0.717, 1.165) is 12.8 Å². The topological polar surface area (TPSA) is 108 Å². The highest BCUT2D eigenvalue weighted by atomic mass is 16.2. The van der Waals surface area contributed by atoms with Gasteiger partial charge in [0.15, 0.2) is 5.65 Å². The molecule has 2 rings (SSSR count). The van der Waals surface area contributed by atoms with E-state index in [1.165, 1.54) is 9.13 Å². The first-order chi connectivity index (χ1) is 11.0. The van der Waals surface area contributed by atoms with Crippen molar-refractivity contribution in [3.05, 3.63) is 26.7 Å². The molecule has 0 aromatic carbocycles. The van der Waals surface area contributed by atoms with E-state index >= 15 is 0 Å². The molecule has 0 amide bonds. The van der Waals surface area contributed by atoms with E-state index in [4.69, 9.17) is 5.26 Å². The number of aromatic nitrogens is 4. The number of unbranched alkanes of at least 4 members (excludes halogenated alkanes) is 1. The van der Waals surface area contributed by atoms with Crippen LogP contribution in [0.1, 0.15) is 32.0 Å². The molecule has 2 heterocycles. The Morgan fingerprint density at radius 2 is 2.13 bits per heavy atom. The summed E-state index contributed by atoms with van der Waals surface area (Å²) in [6.45, 7) is 2.71. The van der Waals surface area contributed by atoms with Gasteiger partial charge in [-0.1, -0.05) is 6.42 Å². The summed E-state index contributed by atoms with van der Waals surface area (Å²) in [6, 6.07) is 2.18. The number of imidazole rings is 1. The summed E-state index contributed by atoms with van der Waals surface area (Å²) < 4.78 is 2.63. The second kappa shape index (κ2) is 7.24. The van der Waals surface area contributed by atoms with Gasteiger partial charge in [0.25, 0.3) is 5.56 Å². The second-order valence-corrected chi connectivity index (χ2v) is 5.74. The number of H-pyrrole nitrogens is 1. The van der Waals surface area contributed by atoms with Crippen LogP contribution in [0.3, 0.4) is 0 Å². The summed E-state index contributed by atoms with van der Waals surface area (Å²) in [5.41, 5.74) is 0.0203. The number of nitrogens with one attached hydrogen (secondary N) is 2. The maximum atomic E-state index is 12.5. The average molecular weight is 318 g/mol. The van der Waals surface area contributed by atoms with Crippen LogP contribution < -0.4 is 16.6 Å². The van der Waals surface area contributed by atoms with E-state index in [-0.39, 0.29) is 17.2 Å². The molecular weight excluding hydrogens is 296 g/mol. The standard InChI is InChI=1S/C15H22N6O2/c1-10(8-16)6-4-5-7-21-14(22)12-13(20(3)15(21)23)19-11(18-12)9-17-2/h10,17H,4-7,9H2,1-3H3,(H,18,19). The molecule has 0 spiro atoms. The van der Waals surface area contributed by atoms with Gasteiger partial charge in [-0.05, 0) is 26.8 Å². The minimum Gasteiger partial charge on any atom is -0.335 e. The molecule has 2 aromatic heterocycles. The van der Waals surface area contributed by atoms with Gasteiger partial charge in [0.1, 0.15) is 11.3 Å². The Balaban J connectivity index is 2.28. The van der Waals surface area contributed by atoms with Crippen LogP contribution in [0.2, 0.25) is 0 Å². The van der Waals surface area contributed by atoms with Gasteiger partial charge < -0.3 is 10.3 Å². The number of aryl methyl sites for hydroxylation is 1. The van der Waals surface area contributed by atoms with Gasteiger partial charge in [0, 0.05) is 19.5 Å². The van der Waals surface area contributed by atoms with Crippen molar-refractivity contribution in [2.75, 3.05) is 7.05 Å². The monoisotopic (exact) mass is 318 g/mol. The molecule has 8 heteroatoms. The van der Waals surface area contributed by atoms with Crippen LogP contribution in [-0.4, -0.2) is 26.1 Å². The van der Waals surface area contributed by atoms with Crippen molar-refractivity contribution in [1.82, 2.24) is 24.4 Å². The van der Waals surface area contributed by atoms with Crippen LogP contribution in [0, 0.1) is 17.2 Å². The largest absolute Gasteiger partial charge is 0.335 e. The molecule has 0 saturated carbocycles. The van der Waals surface area contributed by atoms with Gasteiger partial charge in [-0.25, -0.2) is 9.78 Å². The fraction of sp³-hybridized carbons (Fsp3) is 0.600. The molecule has 8 nitrogen and oxygen atoms in total. The first-order valence-corrected chi connectivity index (χ1v) is 7.72. The molecule has 0 saturated heterocycles. The highest BCUT2D eigenvalue weighted by molar-refractivity contribution is 5.69. The SMILES string of the molecule is CNCc1nc2c([nH]1)c(=O)n(CCCCC(C)C#N)c(=O)n2C. The van der Waals surface area contributed by atoms with Crippen molar-refractivity contribution in [2.24, 2.45) is 13.0 Å². The Bertz CT molecular complexity index is 838. The zero-order valence-corrected chi connectivity index (χ0v) is 13.7.